The van der Waals surface area contributed by atoms with E-state index in [1.807, 2.05) is 50.2 Å². The Morgan fingerprint density at radius 3 is 2.54 bits per heavy atom. The predicted molar refractivity (Wildman–Crippen MR) is 96.9 cm³/mol. The van der Waals surface area contributed by atoms with E-state index in [1.165, 1.54) is 5.56 Å². The first-order chi connectivity index (χ1) is 11.4. The summed E-state index contributed by atoms with van der Waals surface area (Å²) < 4.78 is 5.84. The molecule has 0 aliphatic rings. The summed E-state index contributed by atoms with van der Waals surface area (Å²) in [6, 6.07) is 15.9. The molecule has 4 heteroatoms. The number of ether oxygens (including phenoxy) is 1. The Labute approximate surface area is 144 Å². The first-order valence-electron chi connectivity index (χ1n) is 8.16. The molecule has 0 radical (unpaired) electrons. The van der Waals surface area contributed by atoms with Crippen LogP contribution in [0.1, 0.15) is 30.5 Å². The fraction of sp³-hybridized carbons (Fsp3) is 0.350. The van der Waals surface area contributed by atoms with Gasteiger partial charge in [0.05, 0.1) is 6.42 Å². The smallest absolute Gasteiger partial charge is 0.224 e. The van der Waals surface area contributed by atoms with Crippen molar-refractivity contribution in [2.45, 2.75) is 39.3 Å². The third-order valence-corrected chi connectivity index (χ3v) is 3.74. The van der Waals surface area contributed by atoms with Gasteiger partial charge in [-0.05, 0) is 44.0 Å². The molecule has 128 valence electrons. The van der Waals surface area contributed by atoms with Crippen molar-refractivity contribution >= 4 is 5.91 Å². The lowest BCUT2D eigenvalue weighted by Crippen LogP contribution is -2.49. The summed E-state index contributed by atoms with van der Waals surface area (Å²) >= 11 is 0. The van der Waals surface area contributed by atoms with Crippen LogP contribution in [0.25, 0.3) is 0 Å². The van der Waals surface area contributed by atoms with Crippen LogP contribution in [0.2, 0.25) is 0 Å². The number of hydrogen-bond donors (Lipinski definition) is 2. The molecule has 2 aromatic carbocycles. The van der Waals surface area contributed by atoms with Crippen LogP contribution in [0.3, 0.4) is 0 Å². The molecule has 0 spiro atoms. The average molecular weight is 326 g/mol. The van der Waals surface area contributed by atoms with Gasteiger partial charge >= 0.3 is 0 Å². The zero-order valence-corrected chi connectivity index (χ0v) is 14.6. The SMILES string of the molecule is Cc1cccc(COc2cccc(CC(=O)NC(C)(C)CN)c2)c1. The maximum absolute atomic E-state index is 12.1. The Balaban J connectivity index is 1.95. The Morgan fingerprint density at radius 2 is 1.83 bits per heavy atom. The number of nitrogens with two attached hydrogens (primary N) is 1. The average Bonchev–Trinajstić information content (AvgIpc) is 2.53. The highest BCUT2D eigenvalue weighted by Crippen LogP contribution is 2.16. The maximum atomic E-state index is 12.1. The number of hydrogen-bond acceptors (Lipinski definition) is 3. The van der Waals surface area contributed by atoms with Crippen molar-refractivity contribution in [2.75, 3.05) is 6.54 Å². The van der Waals surface area contributed by atoms with Crippen LogP contribution in [-0.4, -0.2) is 18.0 Å². The number of carbonyl (C=O) groups is 1. The number of amides is 1. The molecular weight excluding hydrogens is 300 g/mol. The van der Waals surface area contributed by atoms with E-state index in [1.54, 1.807) is 0 Å². The van der Waals surface area contributed by atoms with Crippen LogP contribution in [0.5, 0.6) is 5.75 Å². The van der Waals surface area contributed by atoms with E-state index in [9.17, 15) is 4.79 Å². The molecule has 4 nitrogen and oxygen atoms in total. The van der Waals surface area contributed by atoms with Gasteiger partial charge in [0, 0.05) is 12.1 Å². The van der Waals surface area contributed by atoms with Gasteiger partial charge in [-0.3, -0.25) is 4.79 Å². The molecule has 0 saturated heterocycles. The van der Waals surface area contributed by atoms with Crippen molar-refractivity contribution in [3.8, 4) is 5.75 Å². The summed E-state index contributed by atoms with van der Waals surface area (Å²) in [4.78, 5) is 12.1. The zero-order valence-electron chi connectivity index (χ0n) is 14.6. The summed E-state index contributed by atoms with van der Waals surface area (Å²) in [6.45, 7) is 6.79. The Kier molecular flexibility index (Phi) is 5.99. The standard InChI is InChI=1S/C20H26N2O2/c1-15-6-4-8-17(10-15)13-24-18-9-5-7-16(11-18)12-19(23)22-20(2,3)14-21/h4-11H,12-14,21H2,1-3H3,(H,22,23). The van der Waals surface area contributed by atoms with Crippen LogP contribution in [0.4, 0.5) is 0 Å². The highest BCUT2D eigenvalue weighted by Gasteiger charge is 2.18. The highest BCUT2D eigenvalue weighted by atomic mass is 16.5. The summed E-state index contributed by atoms with van der Waals surface area (Å²) in [6.07, 6.45) is 0.311. The topological polar surface area (TPSA) is 64.3 Å². The van der Waals surface area contributed by atoms with Crippen molar-refractivity contribution in [3.05, 3.63) is 65.2 Å². The molecule has 0 aliphatic heterocycles. The minimum absolute atomic E-state index is 0.0405. The molecule has 2 aromatic rings. The molecule has 0 fully saturated rings. The third kappa shape index (κ3) is 5.70. The minimum atomic E-state index is -0.392. The van der Waals surface area contributed by atoms with Crippen molar-refractivity contribution < 1.29 is 9.53 Å². The van der Waals surface area contributed by atoms with Gasteiger partial charge in [0.25, 0.3) is 0 Å². The summed E-state index contributed by atoms with van der Waals surface area (Å²) in [5.41, 5.74) is 8.51. The van der Waals surface area contributed by atoms with E-state index in [-0.39, 0.29) is 5.91 Å². The second-order valence-electron chi connectivity index (χ2n) is 6.74. The summed E-state index contributed by atoms with van der Waals surface area (Å²) in [5, 5.41) is 2.93. The summed E-state index contributed by atoms with van der Waals surface area (Å²) in [5.74, 6) is 0.723. The summed E-state index contributed by atoms with van der Waals surface area (Å²) in [7, 11) is 0. The molecule has 0 saturated carbocycles. The molecule has 0 unspecified atom stereocenters. The number of benzene rings is 2. The van der Waals surface area contributed by atoms with Crippen LogP contribution in [-0.2, 0) is 17.8 Å². The fourth-order valence-corrected chi connectivity index (χ4v) is 2.37. The molecule has 3 N–H and O–H groups in total. The number of carbonyl (C=O) groups excluding carboxylic acids is 1. The maximum Gasteiger partial charge on any atom is 0.224 e. The van der Waals surface area contributed by atoms with Crippen molar-refractivity contribution in [2.24, 2.45) is 5.73 Å². The number of aryl methyl sites for hydroxylation is 1. The Morgan fingerprint density at radius 1 is 1.12 bits per heavy atom. The van der Waals surface area contributed by atoms with E-state index >= 15 is 0 Å². The number of nitrogens with one attached hydrogen (secondary N) is 1. The van der Waals surface area contributed by atoms with Crippen LogP contribution in [0.15, 0.2) is 48.5 Å². The Bertz CT molecular complexity index is 696. The van der Waals surface area contributed by atoms with Gasteiger partial charge < -0.3 is 15.8 Å². The van der Waals surface area contributed by atoms with Gasteiger partial charge in [-0.25, -0.2) is 0 Å². The molecule has 0 aromatic heterocycles. The monoisotopic (exact) mass is 326 g/mol. The molecule has 0 heterocycles. The van der Waals surface area contributed by atoms with Gasteiger partial charge in [-0.1, -0.05) is 42.0 Å². The second-order valence-corrected chi connectivity index (χ2v) is 6.74. The van der Waals surface area contributed by atoms with Crippen molar-refractivity contribution in [1.82, 2.24) is 5.32 Å². The normalized spacial score (nSPS) is 11.2. The largest absolute Gasteiger partial charge is 0.489 e. The molecule has 24 heavy (non-hydrogen) atoms. The van der Waals surface area contributed by atoms with Crippen LogP contribution >= 0.6 is 0 Å². The first kappa shape index (κ1) is 18.0. The minimum Gasteiger partial charge on any atom is -0.489 e. The van der Waals surface area contributed by atoms with Gasteiger partial charge in [0.1, 0.15) is 12.4 Å². The van der Waals surface area contributed by atoms with E-state index in [4.69, 9.17) is 10.5 Å². The second kappa shape index (κ2) is 7.97. The van der Waals surface area contributed by atoms with Crippen molar-refractivity contribution in [1.29, 1.82) is 0 Å². The van der Waals surface area contributed by atoms with E-state index in [0.717, 1.165) is 16.9 Å². The number of rotatable bonds is 7. The van der Waals surface area contributed by atoms with Crippen LogP contribution < -0.4 is 15.8 Å². The molecule has 2 rings (SSSR count). The molecule has 0 bridgehead atoms. The molecule has 0 atom stereocenters. The lowest BCUT2D eigenvalue weighted by atomic mass is 10.0. The Hall–Kier alpha value is -2.33. The van der Waals surface area contributed by atoms with Crippen molar-refractivity contribution in [3.63, 3.8) is 0 Å². The highest BCUT2D eigenvalue weighted by molar-refractivity contribution is 5.79. The lowest BCUT2D eigenvalue weighted by molar-refractivity contribution is -0.121. The van der Waals surface area contributed by atoms with E-state index in [0.29, 0.717) is 19.6 Å². The van der Waals surface area contributed by atoms with Gasteiger partial charge in [-0.2, -0.15) is 0 Å². The zero-order chi connectivity index (χ0) is 17.6. The fourth-order valence-electron chi connectivity index (χ4n) is 2.37. The predicted octanol–water partition coefficient (Wildman–Crippen LogP) is 2.97. The van der Waals surface area contributed by atoms with Gasteiger partial charge in [0.2, 0.25) is 5.91 Å². The quantitative estimate of drug-likeness (QED) is 0.822. The van der Waals surface area contributed by atoms with Crippen LogP contribution in [0, 0.1) is 6.92 Å². The lowest BCUT2D eigenvalue weighted by Gasteiger charge is -2.24. The molecular formula is C20H26N2O2. The molecule has 1 amide bonds. The van der Waals surface area contributed by atoms with E-state index in [2.05, 4.69) is 24.4 Å². The van der Waals surface area contributed by atoms with Gasteiger partial charge in [0.15, 0.2) is 0 Å². The van der Waals surface area contributed by atoms with E-state index < -0.39 is 5.54 Å². The molecule has 0 aliphatic carbocycles. The first-order valence-corrected chi connectivity index (χ1v) is 8.16. The van der Waals surface area contributed by atoms with Gasteiger partial charge in [-0.15, -0.1) is 0 Å². The third-order valence-electron chi connectivity index (χ3n) is 3.74.